The quantitative estimate of drug-likeness (QED) is 0.310. The van der Waals surface area contributed by atoms with E-state index in [1.165, 1.54) is 15.9 Å². The predicted molar refractivity (Wildman–Crippen MR) is 167 cm³/mol. The molecule has 250 valence electrons. The Balaban J connectivity index is 1.47. The average Bonchev–Trinajstić information content (AvgIpc) is 3.54. The molecule has 4 amide bonds. The van der Waals surface area contributed by atoms with E-state index in [9.17, 15) is 29.1 Å². The van der Waals surface area contributed by atoms with Gasteiger partial charge in [0.1, 0.15) is 17.5 Å². The van der Waals surface area contributed by atoms with Crippen molar-refractivity contribution in [2.24, 2.45) is 0 Å². The standard InChI is InChI=1S/C32H43N5O9/c1-4-5-16-45-32(43)36-14-12-35(13-15-36)31(42)24(8-9-29(39)40)34-30(41)26-18-27(23-7-6-21(2)17-25(23)33-26)46-20-28(38)37-11-10-22(19-37)44-3/h6-7,17-18,22,24H,4-5,8-16,19-20H2,1-3H3,(H,34,41)(H,39,40)/t22-,24?/m0/s1. The van der Waals surface area contributed by atoms with E-state index in [2.05, 4.69) is 10.3 Å². The number of aromatic nitrogens is 1. The molecule has 2 aliphatic heterocycles. The van der Waals surface area contributed by atoms with Crippen LogP contribution >= 0.6 is 0 Å². The Morgan fingerprint density at radius 1 is 1.04 bits per heavy atom. The Morgan fingerprint density at radius 2 is 1.78 bits per heavy atom. The largest absolute Gasteiger partial charge is 0.483 e. The van der Waals surface area contributed by atoms with Gasteiger partial charge >= 0.3 is 12.1 Å². The van der Waals surface area contributed by atoms with Crippen LogP contribution in [0.1, 0.15) is 55.1 Å². The highest BCUT2D eigenvalue weighted by Gasteiger charge is 2.32. The molecule has 2 aromatic rings. The normalized spacial score (nSPS) is 17.1. The molecule has 0 radical (unpaired) electrons. The van der Waals surface area contributed by atoms with E-state index < -0.39 is 29.9 Å². The van der Waals surface area contributed by atoms with Gasteiger partial charge in [-0.2, -0.15) is 0 Å². The van der Waals surface area contributed by atoms with E-state index in [-0.39, 0.29) is 69.1 Å². The van der Waals surface area contributed by atoms with Crippen LogP contribution in [0.2, 0.25) is 0 Å². The van der Waals surface area contributed by atoms with Gasteiger partial charge in [0.15, 0.2) is 6.61 Å². The maximum Gasteiger partial charge on any atom is 0.409 e. The summed E-state index contributed by atoms with van der Waals surface area (Å²) in [6.45, 7) is 5.93. The third kappa shape index (κ3) is 9.05. The van der Waals surface area contributed by atoms with Gasteiger partial charge in [0, 0.05) is 64.3 Å². The molecule has 3 heterocycles. The van der Waals surface area contributed by atoms with Gasteiger partial charge in [-0.3, -0.25) is 19.2 Å². The van der Waals surface area contributed by atoms with Gasteiger partial charge in [-0.05, 0) is 43.9 Å². The van der Waals surface area contributed by atoms with Gasteiger partial charge in [0.05, 0.1) is 18.2 Å². The summed E-state index contributed by atoms with van der Waals surface area (Å²) in [5.41, 5.74) is 1.31. The molecule has 1 unspecified atom stereocenters. The predicted octanol–water partition coefficient (Wildman–Crippen LogP) is 2.21. The number of carbonyl (C=O) groups is 5. The number of aliphatic carboxylic acids is 1. The van der Waals surface area contributed by atoms with Crippen molar-refractivity contribution in [1.82, 2.24) is 25.0 Å². The second-order valence-electron chi connectivity index (χ2n) is 11.5. The van der Waals surface area contributed by atoms with E-state index in [0.29, 0.717) is 30.6 Å². The second kappa shape index (κ2) is 16.2. The molecule has 4 rings (SSSR count). The molecule has 14 heteroatoms. The van der Waals surface area contributed by atoms with E-state index in [1.807, 2.05) is 19.9 Å². The average molecular weight is 642 g/mol. The fourth-order valence-corrected chi connectivity index (χ4v) is 5.40. The number of carboxylic acids is 1. The van der Waals surface area contributed by atoms with E-state index >= 15 is 0 Å². The van der Waals surface area contributed by atoms with Crippen molar-refractivity contribution in [1.29, 1.82) is 0 Å². The first-order valence-electron chi connectivity index (χ1n) is 15.7. The molecule has 2 fully saturated rings. The number of piperazine rings is 1. The number of fused-ring (bicyclic) bond motifs is 1. The van der Waals surface area contributed by atoms with Gasteiger partial charge in [-0.25, -0.2) is 9.78 Å². The molecule has 0 bridgehead atoms. The van der Waals surface area contributed by atoms with Crippen molar-refractivity contribution in [3.05, 3.63) is 35.5 Å². The Morgan fingerprint density at radius 3 is 2.46 bits per heavy atom. The van der Waals surface area contributed by atoms with Gasteiger partial charge in [-0.15, -0.1) is 0 Å². The van der Waals surface area contributed by atoms with Gasteiger partial charge < -0.3 is 39.3 Å². The van der Waals surface area contributed by atoms with Crippen LogP contribution in [0.25, 0.3) is 10.9 Å². The Kier molecular flexibility index (Phi) is 12.1. The summed E-state index contributed by atoms with van der Waals surface area (Å²) in [4.78, 5) is 72.8. The smallest absolute Gasteiger partial charge is 0.409 e. The maximum absolute atomic E-state index is 13.5. The third-order valence-electron chi connectivity index (χ3n) is 8.17. The van der Waals surface area contributed by atoms with Gasteiger partial charge in [-0.1, -0.05) is 19.4 Å². The highest BCUT2D eigenvalue weighted by Crippen LogP contribution is 2.27. The summed E-state index contributed by atoms with van der Waals surface area (Å²) in [5, 5.41) is 12.6. The minimum Gasteiger partial charge on any atom is -0.483 e. The number of amides is 4. The second-order valence-corrected chi connectivity index (χ2v) is 11.5. The lowest BCUT2D eigenvalue weighted by Crippen LogP contribution is -2.56. The van der Waals surface area contributed by atoms with Crippen LogP contribution in [-0.4, -0.2) is 126 Å². The summed E-state index contributed by atoms with van der Waals surface area (Å²) in [6.07, 6.45) is 1.47. The molecule has 2 saturated heterocycles. The lowest BCUT2D eigenvalue weighted by atomic mass is 10.1. The molecule has 2 atom stereocenters. The molecule has 0 aliphatic carbocycles. The van der Waals surface area contributed by atoms with Crippen molar-refractivity contribution in [3.8, 4) is 5.75 Å². The van der Waals surface area contributed by atoms with Crippen LogP contribution in [0.5, 0.6) is 5.75 Å². The minimum absolute atomic E-state index is 0.0170. The molecule has 2 N–H and O–H groups in total. The number of aryl methyl sites for hydroxylation is 1. The number of carboxylic acid groups (broad SMARTS) is 1. The number of hydrogen-bond donors (Lipinski definition) is 2. The number of rotatable bonds is 13. The van der Waals surface area contributed by atoms with Crippen LogP contribution in [0.15, 0.2) is 24.3 Å². The van der Waals surface area contributed by atoms with Crippen LogP contribution in [0.3, 0.4) is 0 Å². The number of unbranched alkanes of at least 4 members (excludes halogenated alkanes) is 1. The summed E-state index contributed by atoms with van der Waals surface area (Å²) in [7, 11) is 1.61. The molecule has 46 heavy (non-hydrogen) atoms. The fraction of sp³-hybridized carbons (Fsp3) is 0.562. The molecular formula is C32H43N5O9. The Hall–Kier alpha value is -4.46. The van der Waals surface area contributed by atoms with Crippen LogP contribution in [0, 0.1) is 6.92 Å². The van der Waals surface area contributed by atoms with E-state index in [4.69, 9.17) is 14.2 Å². The first kappa shape index (κ1) is 34.4. The number of pyridine rings is 1. The van der Waals surface area contributed by atoms with Crippen molar-refractivity contribution >= 4 is 40.7 Å². The van der Waals surface area contributed by atoms with Crippen LogP contribution < -0.4 is 10.1 Å². The maximum atomic E-state index is 13.5. The molecule has 1 aromatic heterocycles. The first-order chi connectivity index (χ1) is 22.1. The number of methoxy groups -OCH3 is 1. The zero-order valence-corrected chi connectivity index (χ0v) is 26.7. The SMILES string of the molecule is CCCCOC(=O)N1CCN(C(=O)C(CCC(=O)O)NC(=O)c2cc(OCC(=O)N3CC[C@H](OC)C3)c3ccc(C)cc3n2)CC1. The van der Waals surface area contributed by atoms with Crippen molar-refractivity contribution in [2.45, 2.75) is 58.1 Å². The van der Waals surface area contributed by atoms with Crippen molar-refractivity contribution < 1.29 is 43.3 Å². The van der Waals surface area contributed by atoms with E-state index in [1.54, 1.807) is 24.1 Å². The van der Waals surface area contributed by atoms with Crippen molar-refractivity contribution in [3.63, 3.8) is 0 Å². The number of ether oxygens (including phenoxy) is 3. The summed E-state index contributed by atoms with van der Waals surface area (Å²) in [6, 6.07) is 5.73. The van der Waals surface area contributed by atoms with Gasteiger partial charge in [0.2, 0.25) is 5.91 Å². The Labute approximate surface area is 267 Å². The monoisotopic (exact) mass is 641 g/mol. The lowest BCUT2D eigenvalue weighted by molar-refractivity contribution is -0.138. The zero-order valence-electron chi connectivity index (χ0n) is 26.7. The number of carbonyl (C=O) groups excluding carboxylic acids is 4. The summed E-state index contributed by atoms with van der Waals surface area (Å²) in [5.74, 6) is -2.19. The first-order valence-corrected chi connectivity index (χ1v) is 15.7. The highest BCUT2D eigenvalue weighted by atomic mass is 16.6. The summed E-state index contributed by atoms with van der Waals surface area (Å²) < 4.78 is 16.5. The van der Waals surface area contributed by atoms with Crippen molar-refractivity contribution in [2.75, 3.05) is 59.6 Å². The van der Waals surface area contributed by atoms with Gasteiger partial charge in [0.25, 0.3) is 11.8 Å². The summed E-state index contributed by atoms with van der Waals surface area (Å²) >= 11 is 0. The molecule has 0 saturated carbocycles. The van der Waals surface area contributed by atoms with E-state index in [0.717, 1.165) is 24.8 Å². The molecule has 2 aliphatic rings. The molecule has 0 spiro atoms. The Bertz CT molecular complexity index is 1430. The fourth-order valence-electron chi connectivity index (χ4n) is 5.40. The molecule has 1 aromatic carbocycles. The topological polar surface area (TPSA) is 168 Å². The number of hydrogen-bond acceptors (Lipinski definition) is 9. The molecule has 14 nitrogen and oxygen atoms in total. The minimum atomic E-state index is -1.14. The highest BCUT2D eigenvalue weighted by molar-refractivity contribution is 5.99. The number of likely N-dealkylation sites (tertiary alicyclic amines) is 1. The number of nitrogens with one attached hydrogen (secondary N) is 1. The zero-order chi connectivity index (χ0) is 33.2. The lowest BCUT2D eigenvalue weighted by Gasteiger charge is -2.36. The van der Waals surface area contributed by atoms with Crippen LogP contribution in [0.4, 0.5) is 4.79 Å². The third-order valence-corrected chi connectivity index (χ3v) is 8.17. The molecular weight excluding hydrogens is 598 g/mol. The number of benzene rings is 1. The number of nitrogens with zero attached hydrogens (tertiary/aromatic N) is 4. The van der Waals surface area contributed by atoms with Crippen LogP contribution in [-0.2, 0) is 23.9 Å².